The van der Waals surface area contributed by atoms with Gasteiger partial charge in [0.25, 0.3) is 0 Å². The van der Waals surface area contributed by atoms with Crippen LogP contribution in [0.25, 0.3) is 0 Å². The number of esters is 1. The number of thiol groups is 1. The van der Waals surface area contributed by atoms with Crippen molar-refractivity contribution in [2.75, 3.05) is 12.4 Å². The zero-order chi connectivity index (χ0) is 15.3. The zero-order valence-corrected chi connectivity index (χ0v) is 12.8. The van der Waals surface area contributed by atoms with E-state index in [1.54, 1.807) is 0 Å². The molecule has 0 spiro atoms. The molecule has 0 amide bonds. The normalized spacial score (nSPS) is 11.6. The third kappa shape index (κ3) is 15.7. The van der Waals surface area contributed by atoms with Crippen molar-refractivity contribution in [2.24, 2.45) is 0 Å². The topological polar surface area (TPSA) is 26.3 Å². The third-order valence-corrected chi connectivity index (χ3v) is 3.25. The van der Waals surface area contributed by atoms with Gasteiger partial charge in [0.15, 0.2) is 0 Å². The highest BCUT2D eigenvalue weighted by molar-refractivity contribution is 7.81. The first kappa shape index (κ1) is 19.6. The van der Waals surface area contributed by atoms with Gasteiger partial charge in [-0.05, 0) is 12.8 Å². The summed E-state index contributed by atoms with van der Waals surface area (Å²) in [6, 6.07) is 0. The maximum absolute atomic E-state index is 11.9. The lowest BCUT2D eigenvalue weighted by Gasteiger charge is -2.06. The number of hydrogen-bond donors (Lipinski definition) is 1. The quantitative estimate of drug-likeness (QED) is 0.314. The Morgan fingerprint density at radius 2 is 1.30 bits per heavy atom. The Kier molecular flexibility index (Phi) is 12.1. The summed E-state index contributed by atoms with van der Waals surface area (Å²) in [7, 11) is 0. The molecular weight excluding hydrogens is 289 g/mol. The van der Waals surface area contributed by atoms with Crippen LogP contribution in [0.4, 0.5) is 13.2 Å². The summed E-state index contributed by atoms with van der Waals surface area (Å²) in [4.78, 5) is 10.8. The molecule has 0 aromatic carbocycles. The smallest absolute Gasteiger partial charge is 0.389 e. The molecule has 0 aromatic heterocycles. The molecule has 0 saturated carbocycles. The SMILES string of the molecule is O=C(CS)OCCCCCCCCCCCC(F)(F)F. The summed E-state index contributed by atoms with van der Waals surface area (Å²) in [5.41, 5.74) is 0. The van der Waals surface area contributed by atoms with Crippen LogP contribution in [0.5, 0.6) is 0 Å². The molecule has 0 heterocycles. The Balaban J connectivity index is 3.08. The average molecular weight is 314 g/mol. The van der Waals surface area contributed by atoms with Crippen LogP contribution in [-0.2, 0) is 9.53 Å². The highest BCUT2D eigenvalue weighted by Gasteiger charge is 2.25. The van der Waals surface area contributed by atoms with Crippen molar-refractivity contribution in [1.29, 1.82) is 0 Å². The predicted octanol–water partition coefficient (Wildman–Crippen LogP) is 4.92. The van der Waals surface area contributed by atoms with Gasteiger partial charge >= 0.3 is 12.1 Å². The van der Waals surface area contributed by atoms with Gasteiger partial charge in [-0.3, -0.25) is 4.79 Å². The van der Waals surface area contributed by atoms with E-state index in [1.807, 2.05) is 0 Å². The summed E-state index contributed by atoms with van der Waals surface area (Å²) in [6.45, 7) is 0.455. The Bertz CT molecular complexity index is 245. The largest absolute Gasteiger partial charge is 0.465 e. The maximum Gasteiger partial charge on any atom is 0.389 e. The number of alkyl halides is 3. The molecule has 120 valence electrons. The van der Waals surface area contributed by atoms with Gasteiger partial charge in [-0.15, -0.1) is 0 Å². The van der Waals surface area contributed by atoms with Crippen molar-refractivity contribution >= 4 is 18.6 Å². The van der Waals surface area contributed by atoms with E-state index in [4.69, 9.17) is 4.74 Å². The summed E-state index contributed by atoms with van der Waals surface area (Å²) in [5.74, 6) is -0.166. The zero-order valence-electron chi connectivity index (χ0n) is 11.9. The highest BCUT2D eigenvalue weighted by Crippen LogP contribution is 2.23. The van der Waals surface area contributed by atoms with Crippen LogP contribution >= 0.6 is 12.6 Å². The lowest BCUT2D eigenvalue weighted by atomic mass is 10.1. The average Bonchev–Trinajstić information content (AvgIpc) is 2.38. The second-order valence-electron chi connectivity index (χ2n) is 4.93. The number of ether oxygens (including phenoxy) is 1. The Morgan fingerprint density at radius 3 is 1.75 bits per heavy atom. The van der Waals surface area contributed by atoms with Gasteiger partial charge < -0.3 is 4.74 Å². The minimum atomic E-state index is -4.00. The molecule has 0 aromatic rings. The summed E-state index contributed by atoms with van der Waals surface area (Å²) < 4.78 is 40.5. The van der Waals surface area contributed by atoms with E-state index in [0.29, 0.717) is 13.0 Å². The van der Waals surface area contributed by atoms with E-state index < -0.39 is 12.6 Å². The molecule has 20 heavy (non-hydrogen) atoms. The molecule has 0 aliphatic rings. The van der Waals surface area contributed by atoms with Crippen LogP contribution in [0.3, 0.4) is 0 Å². The Morgan fingerprint density at radius 1 is 0.850 bits per heavy atom. The van der Waals surface area contributed by atoms with Crippen LogP contribution in [0, 0.1) is 0 Å². The first-order valence-electron chi connectivity index (χ1n) is 7.29. The maximum atomic E-state index is 11.9. The molecule has 0 saturated heterocycles. The molecular formula is C14H25F3O2S. The fourth-order valence-corrected chi connectivity index (χ4v) is 1.99. The summed E-state index contributed by atoms with van der Waals surface area (Å²) in [6.07, 6.45) is 3.29. The highest BCUT2D eigenvalue weighted by atomic mass is 32.1. The molecule has 0 rings (SSSR count). The lowest BCUT2D eigenvalue weighted by molar-refractivity contribution is -0.140. The van der Waals surface area contributed by atoms with Crippen molar-refractivity contribution in [3.8, 4) is 0 Å². The van der Waals surface area contributed by atoms with Crippen LogP contribution in [0.1, 0.15) is 64.2 Å². The van der Waals surface area contributed by atoms with Gasteiger partial charge in [0, 0.05) is 6.42 Å². The van der Waals surface area contributed by atoms with Crippen LogP contribution in [-0.4, -0.2) is 24.5 Å². The van der Waals surface area contributed by atoms with Crippen molar-refractivity contribution in [2.45, 2.75) is 70.4 Å². The summed E-state index contributed by atoms with van der Waals surface area (Å²) in [5, 5.41) is 0. The number of unbranched alkanes of at least 4 members (excludes halogenated alkanes) is 8. The van der Waals surface area contributed by atoms with Crippen molar-refractivity contribution in [3.63, 3.8) is 0 Å². The van der Waals surface area contributed by atoms with E-state index in [2.05, 4.69) is 12.6 Å². The molecule has 0 N–H and O–H groups in total. The molecule has 0 aliphatic heterocycles. The van der Waals surface area contributed by atoms with Gasteiger partial charge in [0.05, 0.1) is 12.4 Å². The van der Waals surface area contributed by atoms with E-state index in [9.17, 15) is 18.0 Å². The molecule has 2 nitrogen and oxygen atoms in total. The van der Waals surface area contributed by atoms with Gasteiger partial charge in [0.2, 0.25) is 0 Å². The first-order valence-corrected chi connectivity index (χ1v) is 7.92. The number of hydrogen-bond acceptors (Lipinski definition) is 3. The number of carbonyl (C=O) groups excluding carboxylic acids is 1. The third-order valence-electron chi connectivity index (χ3n) is 3.00. The van der Waals surface area contributed by atoms with Crippen molar-refractivity contribution in [1.82, 2.24) is 0 Å². The van der Waals surface area contributed by atoms with Crippen LogP contribution in [0.15, 0.2) is 0 Å². The minimum Gasteiger partial charge on any atom is -0.465 e. The molecule has 0 radical (unpaired) electrons. The van der Waals surface area contributed by atoms with Gasteiger partial charge in [-0.2, -0.15) is 25.8 Å². The monoisotopic (exact) mass is 314 g/mol. The van der Waals surface area contributed by atoms with E-state index in [0.717, 1.165) is 44.9 Å². The molecule has 0 fully saturated rings. The minimum absolute atomic E-state index is 0.119. The fourth-order valence-electron chi connectivity index (χ4n) is 1.90. The van der Waals surface area contributed by atoms with Crippen molar-refractivity contribution in [3.05, 3.63) is 0 Å². The van der Waals surface area contributed by atoms with E-state index >= 15 is 0 Å². The van der Waals surface area contributed by atoms with Crippen LogP contribution < -0.4 is 0 Å². The standard InChI is InChI=1S/C14H25F3O2S/c15-14(16,17)10-8-6-4-2-1-3-5-7-9-11-19-13(18)12-20/h20H,1-12H2. The molecule has 0 aliphatic carbocycles. The van der Waals surface area contributed by atoms with Gasteiger partial charge in [-0.25, -0.2) is 0 Å². The number of carbonyl (C=O) groups is 1. The van der Waals surface area contributed by atoms with E-state index in [1.165, 1.54) is 0 Å². The number of halogens is 3. The van der Waals surface area contributed by atoms with Crippen molar-refractivity contribution < 1.29 is 22.7 Å². The fraction of sp³-hybridized carbons (Fsp3) is 0.929. The molecule has 0 bridgehead atoms. The Hall–Kier alpha value is -0.390. The number of rotatable bonds is 12. The van der Waals surface area contributed by atoms with Crippen LogP contribution in [0.2, 0.25) is 0 Å². The Labute approximate surface area is 124 Å². The predicted molar refractivity (Wildman–Crippen MR) is 77.0 cm³/mol. The summed E-state index contributed by atoms with van der Waals surface area (Å²) >= 11 is 3.80. The lowest BCUT2D eigenvalue weighted by Crippen LogP contribution is -2.06. The van der Waals surface area contributed by atoms with Gasteiger partial charge in [0.1, 0.15) is 0 Å². The van der Waals surface area contributed by atoms with E-state index in [-0.39, 0.29) is 18.1 Å². The molecule has 0 atom stereocenters. The van der Waals surface area contributed by atoms with Gasteiger partial charge in [-0.1, -0.05) is 44.9 Å². The first-order chi connectivity index (χ1) is 9.45. The second kappa shape index (κ2) is 12.4. The molecule has 6 heteroatoms. The second-order valence-corrected chi connectivity index (χ2v) is 5.24. The molecule has 0 unspecified atom stereocenters.